The van der Waals surface area contributed by atoms with Crippen molar-refractivity contribution in [1.29, 1.82) is 0 Å². The highest BCUT2D eigenvalue weighted by Crippen LogP contribution is 2.19. The van der Waals surface area contributed by atoms with Crippen molar-refractivity contribution in [1.82, 2.24) is 20.1 Å². The molecule has 0 saturated carbocycles. The van der Waals surface area contributed by atoms with Crippen LogP contribution < -0.4 is 5.32 Å². The Balaban J connectivity index is 2.61. The standard InChI is InChI=1S/C15H26N4O2S/c1-10(2)14-16-12(9-22-14)7-19(6)15(21)17-13(11(3)20)8-18(4)5/h9-10,13H,7-8H2,1-6H3,(H,17,21). The Labute approximate surface area is 136 Å². The summed E-state index contributed by atoms with van der Waals surface area (Å²) in [6, 6.07) is -0.757. The molecule has 0 aliphatic rings. The first kappa shape index (κ1) is 18.6. The zero-order valence-corrected chi connectivity index (χ0v) is 15.0. The van der Waals surface area contributed by atoms with E-state index in [0.717, 1.165) is 10.7 Å². The number of thiazole rings is 1. The van der Waals surface area contributed by atoms with Crippen LogP contribution in [0.1, 0.15) is 37.4 Å². The van der Waals surface area contributed by atoms with Gasteiger partial charge in [0, 0.05) is 24.9 Å². The molecule has 0 aromatic carbocycles. The van der Waals surface area contributed by atoms with Gasteiger partial charge in [0.15, 0.2) is 5.78 Å². The Morgan fingerprint density at radius 3 is 2.41 bits per heavy atom. The van der Waals surface area contributed by atoms with Gasteiger partial charge in [0.2, 0.25) is 0 Å². The fourth-order valence-electron chi connectivity index (χ4n) is 1.88. The van der Waals surface area contributed by atoms with Gasteiger partial charge in [-0.2, -0.15) is 0 Å². The molecule has 1 N–H and O–H groups in total. The molecular formula is C15H26N4O2S. The third kappa shape index (κ3) is 5.73. The molecule has 0 aliphatic carbocycles. The maximum absolute atomic E-state index is 12.2. The Bertz CT molecular complexity index is 513. The van der Waals surface area contributed by atoms with Crippen LogP contribution in [0.3, 0.4) is 0 Å². The summed E-state index contributed by atoms with van der Waals surface area (Å²) in [4.78, 5) is 31.7. The van der Waals surface area contributed by atoms with Crippen LogP contribution in [0.15, 0.2) is 5.38 Å². The van der Waals surface area contributed by atoms with Gasteiger partial charge in [-0.25, -0.2) is 9.78 Å². The number of amides is 2. The molecule has 1 aromatic heterocycles. The highest BCUT2D eigenvalue weighted by Gasteiger charge is 2.20. The Hall–Kier alpha value is -1.47. The number of hydrogen-bond acceptors (Lipinski definition) is 5. The van der Waals surface area contributed by atoms with Gasteiger partial charge in [0.1, 0.15) is 6.04 Å². The van der Waals surface area contributed by atoms with Gasteiger partial charge in [-0.1, -0.05) is 13.8 Å². The molecule has 22 heavy (non-hydrogen) atoms. The highest BCUT2D eigenvalue weighted by atomic mass is 32.1. The van der Waals surface area contributed by atoms with Crippen LogP contribution in [-0.2, 0) is 11.3 Å². The number of nitrogens with zero attached hydrogens (tertiary/aromatic N) is 3. The van der Waals surface area contributed by atoms with E-state index >= 15 is 0 Å². The van der Waals surface area contributed by atoms with E-state index in [1.165, 1.54) is 6.92 Å². The minimum atomic E-state index is -0.494. The molecule has 1 heterocycles. The molecule has 0 spiro atoms. The predicted octanol–water partition coefficient (Wildman–Crippen LogP) is 1.93. The molecule has 6 nitrogen and oxygen atoms in total. The Morgan fingerprint density at radius 1 is 1.32 bits per heavy atom. The lowest BCUT2D eigenvalue weighted by Crippen LogP contribution is -2.50. The van der Waals surface area contributed by atoms with Crippen molar-refractivity contribution in [3.8, 4) is 0 Å². The van der Waals surface area contributed by atoms with Crippen LogP contribution in [0.25, 0.3) is 0 Å². The minimum absolute atomic E-state index is 0.0498. The van der Waals surface area contributed by atoms with Gasteiger partial charge in [-0.15, -0.1) is 11.3 Å². The van der Waals surface area contributed by atoms with Crippen molar-refractivity contribution in [3.63, 3.8) is 0 Å². The monoisotopic (exact) mass is 326 g/mol. The number of carbonyl (C=O) groups excluding carboxylic acids is 2. The number of likely N-dealkylation sites (N-methyl/N-ethyl adjacent to an activating group) is 1. The summed E-state index contributed by atoms with van der Waals surface area (Å²) in [6.07, 6.45) is 0. The number of rotatable bonds is 7. The average molecular weight is 326 g/mol. The van der Waals surface area contributed by atoms with Crippen molar-refractivity contribution in [2.24, 2.45) is 0 Å². The summed E-state index contributed by atoms with van der Waals surface area (Å²) in [7, 11) is 5.44. The smallest absolute Gasteiger partial charge is 0.318 e. The fourth-order valence-corrected chi connectivity index (χ4v) is 2.70. The minimum Gasteiger partial charge on any atom is -0.327 e. The number of Topliss-reactive ketones (excluding diaryl/α,β-unsaturated/α-hetero) is 1. The molecule has 0 aliphatic heterocycles. The summed E-state index contributed by atoms with van der Waals surface area (Å²) in [6.45, 7) is 6.60. The number of ketones is 1. The molecule has 1 unspecified atom stereocenters. The largest absolute Gasteiger partial charge is 0.327 e. The molecular weight excluding hydrogens is 300 g/mol. The van der Waals surface area contributed by atoms with Crippen LogP contribution in [0, 0.1) is 0 Å². The fraction of sp³-hybridized carbons (Fsp3) is 0.667. The normalized spacial score (nSPS) is 12.5. The molecule has 0 fully saturated rings. The number of urea groups is 1. The van der Waals surface area contributed by atoms with E-state index in [2.05, 4.69) is 24.1 Å². The molecule has 1 atom stereocenters. The van der Waals surface area contributed by atoms with Crippen molar-refractivity contribution in [3.05, 3.63) is 16.1 Å². The lowest BCUT2D eigenvalue weighted by atomic mass is 10.2. The second-order valence-corrected chi connectivity index (χ2v) is 6.95. The van der Waals surface area contributed by atoms with Crippen LogP contribution >= 0.6 is 11.3 Å². The molecule has 7 heteroatoms. The lowest BCUT2D eigenvalue weighted by Gasteiger charge is -2.23. The third-order valence-electron chi connectivity index (χ3n) is 3.15. The number of nitrogens with one attached hydrogen (secondary N) is 1. The SMILES string of the molecule is CC(=O)C(CN(C)C)NC(=O)N(C)Cc1csc(C(C)C)n1. The summed E-state index contributed by atoms with van der Waals surface area (Å²) >= 11 is 1.61. The molecule has 0 saturated heterocycles. The number of carbonyl (C=O) groups is 2. The summed E-state index contributed by atoms with van der Waals surface area (Å²) < 4.78 is 0. The Kier molecular flexibility index (Phi) is 6.96. The van der Waals surface area contributed by atoms with Gasteiger partial charge in [-0.3, -0.25) is 4.79 Å². The second-order valence-electron chi connectivity index (χ2n) is 6.06. The third-order valence-corrected chi connectivity index (χ3v) is 4.34. The molecule has 0 bridgehead atoms. The maximum atomic E-state index is 12.2. The van der Waals surface area contributed by atoms with Crippen LogP contribution in [-0.4, -0.2) is 60.3 Å². The number of aromatic nitrogens is 1. The van der Waals surface area contributed by atoms with Gasteiger partial charge < -0.3 is 15.1 Å². The second kappa shape index (κ2) is 8.24. The quantitative estimate of drug-likeness (QED) is 0.831. The maximum Gasteiger partial charge on any atom is 0.318 e. The van der Waals surface area contributed by atoms with Gasteiger partial charge in [-0.05, 0) is 21.0 Å². The van der Waals surface area contributed by atoms with E-state index in [0.29, 0.717) is 19.0 Å². The van der Waals surface area contributed by atoms with Gasteiger partial charge >= 0.3 is 6.03 Å². The summed E-state index contributed by atoms with van der Waals surface area (Å²) in [5.74, 6) is 0.339. The zero-order valence-electron chi connectivity index (χ0n) is 14.2. The molecule has 0 radical (unpaired) electrons. The van der Waals surface area contributed by atoms with E-state index in [4.69, 9.17) is 0 Å². The van der Waals surface area contributed by atoms with Crippen molar-refractivity contribution in [2.45, 2.75) is 39.3 Å². The van der Waals surface area contributed by atoms with E-state index in [1.54, 1.807) is 23.3 Å². The summed E-state index contributed by atoms with van der Waals surface area (Å²) in [5, 5.41) is 5.81. The van der Waals surface area contributed by atoms with E-state index in [9.17, 15) is 9.59 Å². The van der Waals surface area contributed by atoms with Crippen molar-refractivity contribution >= 4 is 23.2 Å². The summed E-state index contributed by atoms with van der Waals surface area (Å²) in [5.41, 5.74) is 0.873. The van der Waals surface area contributed by atoms with Crippen LogP contribution in [0.2, 0.25) is 0 Å². The van der Waals surface area contributed by atoms with E-state index < -0.39 is 6.04 Å². The molecule has 1 rings (SSSR count). The van der Waals surface area contributed by atoms with Crippen molar-refractivity contribution in [2.75, 3.05) is 27.7 Å². The van der Waals surface area contributed by atoms with E-state index in [1.807, 2.05) is 24.4 Å². The lowest BCUT2D eigenvalue weighted by molar-refractivity contribution is -0.119. The molecule has 1 aromatic rings. The first-order valence-electron chi connectivity index (χ1n) is 7.31. The first-order chi connectivity index (χ1) is 10.2. The molecule has 124 valence electrons. The van der Waals surface area contributed by atoms with Gasteiger partial charge in [0.05, 0.1) is 17.2 Å². The topological polar surface area (TPSA) is 65.5 Å². The average Bonchev–Trinajstić information content (AvgIpc) is 2.85. The van der Waals surface area contributed by atoms with E-state index in [-0.39, 0.29) is 11.8 Å². The highest BCUT2D eigenvalue weighted by molar-refractivity contribution is 7.09. The zero-order chi connectivity index (χ0) is 16.9. The predicted molar refractivity (Wildman–Crippen MR) is 89.2 cm³/mol. The Morgan fingerprint density at radius 2 is 1.95 bits per heavy atom. The van der Waals surface area contributed by atoms with Crippen molar-refractivity contribution < 1.29 is 9.59 Å². The van der Waals surface area contributed by atoms with Crippen LogP contribution in [0.5, 0.6) is 0 Å². The molecule has 2 amide bonds. The number of hydrogen-bond donors (Lipinski definition) is 1. The van der Waals surface area contributed by atoms with Crippen LogP contribution in [0.4, 0.5) is 4.79 Å². The van der Waals surface area contributed by atoms with Gasteiger partial charge in [0.25, 0.3) is 0 Å². The first-order valence-corrected chi connectivity index (χ1v) is 8.19.